The summed E-state index contributed by atoms with van der Waals surface area (Å²) in [5.41, 5.74) is 4.73. The van der Waals surface area contributed by atoms with Crippen LogP contribution in [0, 0.1) is 13.8 Å². The third-order valence-electron chi connectivity index (χ3n) is 4.56. The molecule has 0 aliphatic heterocycles. The number of hydrogen-bond donors (Lipinski definition) is 2. The average molecular weight is 373 g/mol. The quantitative estimate of drug-likeness (QED) is 0.688. The molecule has 0 fully saturated rings. The normalized spacial score (nSPS) is 10.4. The predicted octanol–water partition coefficient (Wildman–Crippen LogP) is 3.92. The number of hydrogen-bond acceptors (Lipinski definition) is 3. The summed E-state index contributed by atoms with van der Waals surface area (Å²) in [7, 11) is 0. The van der Waals surface area contributed by atoms with Crippen LogP contribution < -0.4 is 10.6 Å². The largest absolute Gasteiger partial charge is 0.352 e. The number of rotatable bonds is 6. The molecule has 0 aliphatic rings. The van der Waals surface area contributed by atoms with E-state index in [1.807, 2.05) is 62.4 Å². The Labute approximate surface area is 164 Å². The van der Waals surface area contributed by atoms with Crippen LogP contribution in [-0.4, -0.2) is 23.3 Å². The van der Waals surface area contributed by atoms with Crippen molar-refractivity contribution in [1.82, 2.24) is 10.3 Å². The van der Waals surface area contributed by atoms with E-state index in [1.54, 1.807) is 6.07 Å². The van der Waals surface area contributed by atoms with Crippen LogP contribution in [0.15, 0.2) is 66.9 Å². The molecule has 0 spiro atoms. The van der Waals surface area contributed by atoms with Crippen molar-refractivity contribution in [3.05, 3.63) is 94.8 Å². The molecule has 1 aromatic heterocycles. The first kappa shape index (κ1) is 19.3. The molecule has 1 heterocycles. The van der Waals surface area contributed by atoms with Crippen molar-refractivity contribution in [2.24, 2.45) is 0 Å². The second kappa shape index (κ2) is 8.95. The Bertz CT molecular complexity index is 984. The first-order chi connectivity index (χ1) is 13.5. The zero-order chi connectivity index (χ0) is 19.9. The van der Waals surface area contributed by atoms with E-state index >= 15 is 0 Å². The molecule has 5 heteroatoms. The van der Waals surface area contributed by atoms with Gasteiger partial charge in [0.25, 0.3) is 11.8 Å². The highest BCUT2D eigenvalue weighted by atomic mass is 16.2. The van der Waals surface area contributed by atoms with Gasteiger partial charge in [0.15, 0.2) is 0 Å². The molecular weight excluding hydrogens is 350 g/mol. The zero-order valence-electron chi connectivity index (χ0n) is 16.0. The van der Waals surface area contributed by atoms with E-state index in [0.29, 0.717) is 17.8 Å². The molecule has 142 valence electrons. The van der Waals surface area contributed by atoms with Crippen molar-refractivity contribution >= 4 is 17.5 Å². The van der Waals surface area contributed by atoms with Crippen molar-refractivity contribution < 1.29 is 9.59 Å². The highest BCUT2D eigenvalue weighted by Crippen LogP contribution is 2.15. The van der Waals surface area contributed by atoms with Gasteiger partial charge in [0, 0.05) is 24.0 Å². The lowest BCUT2D eigenvalue weighted by atomic mass is 10.1. The maximum Gasteiger partial charge on any atom is 0.274 e. The highest BCUT2D eigenvalue weighted by Gasteiger charge is 2.12. The standard InChI is InChI=1S/C23H23N3O2/c1-16-8-9-20(14-17(16)2)26-23(28)21-15-19(11-13-24-21)22(27)25-12-10-18-6-4-3-5-7-18/h3-9,11,13-15H,10,12H2,1-2H3,(H,25,27)(H,26,28). The second-order valence-electron chi connectivity index (χ2n) is 6.67. The molecule has 0 saturated carbocycles. The first-order valence-electron chi connectivity index (χ1n) is 9.20. The Morgan fingerprint density at radius 3 is 2.43 bits per heavy atom. The van der Waals surface area contributed by atoms with Gasteiger partial charge in [-0.2, -0.15) is 0 Å². The van der Waals surface area contributed by atoms with E-state index in [1.165, 1.54) is 12.3 Å². The highest BCUT2D eigenvalue weighted by molar-refractivity contribution is 6.04. The molecule has 2 N–H and O–H groups in total. The van der Waals surface area contributed by atoms with Crippen LogP contribution in [0.25, 0.3) is 0 Å². The van der Waals surface area contributed by atoms with Gasteiger partial charge in [-0.25, -0.2) is 0 Å². The zero-order valence-corrected chi connectivity index (χ0v) is 16.0. The van der Waals surface area contributed by atoms with Gasteiger partial charge < -0.3 is 10.6 Å². The minimum Gasteiger partial charge on any atom is -0.352 e. The smallest absolute Gasteiger partial charge is 0.274 e. The summed E-state index contributed by atoms with van der Waals surface area (Å²) in [6, 6.07) is 18.8. The van der Waals surface area contributed by atoms with E-state index < -0.39 is 0 Å². The Balaban J connectivity index is 1.61. The molecule has 5 nitrogen and oxygen atoms in total. The Morgan fingerprint density at radius 1 is 0.893 bits per heavy atom. The van der Waals surface area contributed by atoms with Gasteiger partial charge in [-0.05, 0) is 61.2 Å². The molecule has 0 bridgehead atoms. The van der Waals surface area contributed by atoms with Gasteiger partial charge in [0.05, 0.1) is 0 Å². The van der Waals surface area contributed by atoms with Crippen LogP contribution in [-0.2, 0) is 6.42 Å². The summed E-state index contributed by atoms with van der Waals surface area (Å²) in [4.78, 5) is 29.0. The van der Waals surface area contributed by atoms with Gasteiger partial charge in [0.1, 0.15) is 5.69 Å². The number of nitrogens with zero attached hydrogens (tertiary/aromatic N) is 1. The van der Waals surface area contributed by atoms with Gasteiger partial charge in [-0.1, -0.05) is 36.4 Å². The topological polar surface area (TPSA) is 71.1 Å². The van der Waals surface area contributed by atoms with Gasteiger partial charge in [-0.3, -0.25) is 14.6 Å². The SMILES string of the molecule is Cc1ccc(NC(=O)c2cc(C(=O)NCCc3ccccc3)ccn2)cc1C. The van der Waals surface area contributed by atoms with Gasteiger partial charge in [-0.15, -0.1) is 0 Å². The second-order valence-corrected chi connectivity index (χ2v) is 6.67. The number of amides is 2. The lowest BCUT2D eigenvalue weighted by Crippen LogP contribution is -2.26. The van der Waals surface area contributed by atoms with Crippen molar-refractivity contribution in [3.63, 3.8) is 0 Å². The molecule has 0 unspecified atom stereocenters. The third kappa shape index (κ3) is 5.04. The van der Waals surface area contributed by atoms with E-state index in [0.717, 1.165) is 23.1 Å². The monoisotopic (exact) mass is 373 g/mol. The molecule has 28 heavy (non-hydrogen) atoms. The fourth-order valence-corrected chi connectivity index (χ4v) is 2.78. The van der Waals surface area contributed by atoms with Crippen LogP contribution in [0.4, 0.5) is 5.69 Å². The van der Waals surface area contributed by atoms with Crippen LogP contribution in [0.3, 0.4) is 0 Å². The number of aryl methyl sites for hydroxylation is 2. The molecule has 0 radical (unpaired) electrons. The summed E-state index contributed by atoms with van der Waals surface area (Å²) in [6.07, 6.45) is 2.22. The summed E-state index contributed by atoms with van der Waals surface area (Å²) in [5, 5.41) is 5.70. The molecular formula is C23H23N3O2. The van der Waals surface area contributed by atoms with Crippen molar-refractivity contribution in [2.45, 2.75) is 20.3 Å². The van der Waals surface area contributed by atoms with E-state index in [4.69, 9.17) is 0 Å². The Hall–Kier alpha value is -3.47. The number of carbonyl (C=O) groups is 2. The van der Waals surface area contributed by atoms with Crippen molar-refractivity contribution in [2.75, 3.05) is 11.9 Å². The van der Waals surface area contributed by atoms with E-state index in [-0.39, 0.29) is 17.5 Å². The molecule has 3 aromatic rings. The number of nitrogens with one attached hydrogen (secondary N) is 2. The van der Waals surface area contributed by atoms with Crippen LogP contribution in [0.2, 0.25) is 0 Å². The average Bonchev–Trinajstić information content (AvgIpc) is 2.71. The number of anilines is 1. The predicted molar refractivity (Wildman–Crippen MR) is 111 cm³/mol. The molecule has 0 saturated heterocycles. The lowest BCUT2D eigenvalue weighted by Gasteiger charge is -2.09. The molecule has 2 amide bonds. The number of carbonyl (C=O) groups excluding carboxylic acids is 2. The molecule has 0 atom stereocenters. The van der Waals surface area contributed by atoms with Crippen molar-refractivity contribution in [3.8, 4) is 0 Å². The van der Waals surface area contributed by atoms with Crippen LogP contribution in [0.1, 0.15) is 37.5 Å². The number of benzene rings is 2. The Morgan fingerprint density at radius 2 is 1.68 bits per heavy atom. The fourth-order valence-electron chi connectivity index (χ4n) is 2.78. The van der Waals surface area contributed by atoms with Crippen LogP contribution in [0.5, 0.6) is 0 Å². The van der Waals surface area contributed by atoms with Gasteiger partial charge >= 0.3 is 0 Å². The minimum absolute atomic E-state index is 0.203. The minimum atomic E-state index is -0.345. The van der Waals surface area contributed by atoms with Crippen LogP contribution >= 0.6 is 0 Å². The molecule has 0 aliphatic carbocycles. The summed E-state index contributed by atoms with van der Waals surface area (Å²) in [5.74, 6) is -0.569. The first-order valence-corrected chi connectivity index (χ1v) is 9.20. The lowest BCUT2D eigenvalue weighted by molar-refractivity contribution is 0.0954. The summed E-state index contributed by atoms with van der Waals surface area (Å²) in [6.45, 7) is 4.53. The fraction of sp³-hybridized carbons (Fsp3) is 0.174. The molecule has 3 rings (SSSR count). The van der Waals surface area contributed by atoms with Gasteiger partial charge in [0.2, 0.25) is 0 Å². The number of pyridine rings is 1. The Kier molecular flexibility index (Phi) is 6.17. The number of aromatic nitrogens is 1. The van der Waals surface area contributed by atoms with Crippen molar-refractivity contribution in [1.29, 1.82) is 0 Å². The summed E-state index contributed by atoms with van der Waals surface area (Å²) < 4.78 is 0. The summed E-state index contributed by atoms with van der Waals surface area (Å²) >= 11 is 0. The van der Waals surface area contributed by atoms with E-state index in [2.05, 4.69) is 15.6 Å². The maximum atomic E-state index is 12.5. The molecule has 2 aromatic carbocycles. The third-order valence-corrected chi connectivity index (χ3v) is 4.56. The maximum absolute atomic E-state index is 12.5. The van der Waals surface area contributed by atoms with E-state index in [9.17, 15) is 9.59 Å².